The summed E-state index contributed by atoms with van der Waals surface area (Å²) in [6.07, 6.45) is 3.12. The van der Waals surface area contributed by atoms with Crippen molar-refractivity contribution in [2.24, 2.45) is 0 Å². The third-order valence-electron chi connectivity index (χ3n) is 4.77. The smallest absolute Gasteiger partial charge is 0.359 e. The summed E-state index contributed by atoms with van der Waals surface area (Å²) in [5, 5.41) is 6.71. The topological polar surface area (TPSA) is 93.5 Å². The molecule has 1 aromatic heterocycles. The Morgan fingerprint density at radius 2 is 1.93 bits per heavy atom. The van der Waals surface area contributed by atoms with Gasteiger partial charge in [-0.15, -0.1) is 0 Å². The van der Waals surface area contributed by atoms with Crippen molar-refractivity contribution in [3.8, 4) is 0 Å². The van der Waals surface area contributed by atoms with Gasteiger partial charge in [0.1, 0.15) is 0 Å². The first-order valence-corrected chi connectivity index (χ1v) is 9.88. The lowest BCUT2D eigenvalue weighted by Gasteiger charge is -2.20. The monoisotopic (exact) mass is 398 g/mol. The molecular formula is C21H26N4O4. The Morgan fingerprint density at radius 3 is 2.62 bits per heavy atom. The van der Waals surface area contributed by atoms with Gasteiger partial charge in [-0.2, -0.15) is 5.10 Å². The summed E-state index contributed by atoms with van der Waals surface area (Å²) < 4.78 is 6.24. The summed E-state index contributed by atoms with van der Waals surface area (Å²) in [6.45, 7) is 6.01. The number of hydrogen-bond acceptors (Lipinski definition) is 6. The molecule has 1 saturated heterocycles. The van der Waals surface area contributed by atoms with E-state index < -0.39 is 18.5 Å². The number of carbonyl (C=O) groups is 2. The standard InChI is InChI=1S/C21H26N4O4/c1-3-10-25-20(27)9-7-17(23-25)21(28)29-14-19(26)22-16-6-8-18(15(2)13-16)24-11-4-5-12-24/h6-9,13H,3-5,10-12,14H2,1-2H3,(H,22,26). The number of carbonyl (C=O) groups excluding carboxylic acids is 2. The molecule has 0 radical (unpaired) electrons. The molecule has 0 aliphatic carbocycles. The normalized spacial score (nSPS) is 13.4. The van der Waals surface area contributed by atoms with Gasteiger partial charge in [-0.25, -0.2) is 9.48 Å². The predicted octanol–water partition coefficient (Wildman–Crippen LogP) is 2.36. The first-order chi connectivity index (χ1) is 14.0. The summed E-state index contributed by atoms with van der Waals surface area (Å²) in [5.41, 5.74) is 2.64. The summed E-state index contributed by atoms with van der Waals surface area (Å²) in [7, 11) is 0. The summed E-state index contributed by atoms with van der Waals surface area (Å²) in [5.74, 6) is -1.18. The first-order valence-electron chi connectivity index (χ1n) is 9.88. The van der Waals surface area contributed by atoms with Crippen LogP contribution in [-0.4, -0.2) is 41.4 Å². The van der Waals surface area contributed by atoms with E-state index in [2.05, 4.69) is 15.3 Å². The maximum absolute atomic E-state index is 12.1. The van der Waals surface area contributed by atoms with Crippen LogP contribution in [0.1, 0.15) is 42.2 Å². The van der Waals surface area contributed by atoms with Gasteiger partial charge in [-0.3, -0.25) is 9.59 Å². The number of anilines is 2. The number of aryl methyl sites for hydroxylation is 2. The zero-order valence-electron chi connectivity index (χ0n) is 16.8. The molecule has 0 saturated carbocycles. The van der Waals surface area contributed by atoms with E-state index in [1.54, 1.807) is 0 Å². The SMILES string of the molecule is CCCn1nc(C(=O)OCC(=O)Nc2ccc(N3CCCC3)c(C)c2)ccc1=O. The second-order valence-corrected chi connectivity index (χ2v) is 7.10. The Balaban J connectivity index is 1.55. The molecule has 1 fully saturated rings. The zero-order valence-corrected chi connectivity index (χ0v) is 16.8. The lowest BCUT2D eigenvalue weighted by Crippen LogP contribution is -2.26. The zero-order chi connectivity index (χ0) is 20.8. The minimum absolute atomic E-state index is 0.00309. The van der Waals surface area contributed by atoms with Gasteiger partial charge < -0.3 is 15.0 Å². The summed E-state index contributed by atoms with van der Waals surface area (Å²) >= 11 is 0. The average Bonchev–Trinajstić information content (AvgIpc) is 3.22. The summed E-state index contributed by atoms with van der Waals surface area (Å²) in [6, 6.07) is 8.33. The molecule has 1 aliphatic heterocycles. The van der Waals surface area contributed by atoms with Crippen molar-refractivity contribution in [1.29, 1.82) is 0 Å². The van der Waals surface area contributed by atoms with Crippen LogP contribution >= 0.6 is 0 Å². The highest BCUT2D eigenvalue weighted by Crippen LogP contribution is 2.26. The minimum atomic E-state index is -0.745. The van der Waals surface area contributed by atoms with Crippen molar-refractivity contribution in [2.75, 3.05) is 29.9 Å². The van der Waals surface area contributed by atoms with Gasteiger partial charge in [0.2, 0.25) is 0 Å². The van der Waals surface area contributed by atoms with Crippen molar-refractivity contribution in [2.45, 2.75) is 39.7 Å². The van der Waals surface area contributed by atoms with Crippen molar-refractivity contribution in [1.82, 2.24) is 9.78 Å². The lowest BCUT2D eigenvalue weighted by molar-refractivity contribution is -0.119. The molecule has 8 heteroatoms. The molecule has 1 amide bonds. The number of rotatable bonds is 7. The number of benzene rings is 1. The number of nitrogens with one attached hydrogen (secondary N) is 1. The third kappa shape index (κ3) is 5.22. The number of ether oxygens (including phenoxy) is 1. The minimum Gasteiger partial charge on any atom is -0.451 e. The van der Waals surface area contributed by atoms with Crippen molar-refractivity contribution >= 4 is 23.3 Å². The molecule has 1 aliphatic rings. The molecule has 8 nitrogen and oxygen atoms in total. The fourth-order valence-corrected chi connectivity index (χ4v) is 3.38. The molecule has 1 aromatic carbocycles. The lowest BCUT2D eigenvalue weighted by atomic mass is 10.1. The Morgan fingerprint density at radius 1 is 1.17 bits per heavy atom. The second kappa shape index (κ2) is 9.36. The molecule has 0 spiro atoms. The maximum atomic E-state index is 12.1. The molecule has 29 heavy (non-hydrogen) atoms. The van der Waals surface area contributed by atoms with Crippen LogP contribution in [0.4, 0.5) is 11.4 Å². The third-order valence-corrected chi connectivity index (χ3v) is 4.77. The molecular weight excluding hydrogens is 372 g/mol. The van der Waals surface area contributed by atoms with Gasteiger partial charge in [0.05, 0.1) is 0 Å². The van der Waals surface area contributed by atoms with Crippen molar-refractivity contribution in [3.63, 3.8) is 0 Å². The van der Waals surface area contributed by atoms with Gasteiger partial charge in [0.25, 0.3) is 11.5 Å². The fourth-order valence-electron chi connectivity index (χ4n) is 3.38. The van der Waals surface area contributed by atoms with E-state index >= 15 is 0 Å². The molecule has 3 rings (SSSR count). The number of esters is 1. The maximum Gasteiger partial charge on any atom is 0.359 e. The molecule has 2 aromatic rings. The molecule has 0 atom stereocenters. The van der Waals surface area contributed by atoms with E-state index in [-0.39, 0.29) is 11.3 Å². The van der Waals surface area contributed by atoms with Crippen LogP contribution in [0.15, 0.2) is 35.1 Å². The van der Waals surface area contributed by atoms with E-state index in [4.69, 9.17) is 4.74 Å². The van der Waals surface area contributed by atoms with E-state index in [1.807, 2.05) is 32.0 Å². The Bertz CT molecular complexity index is 948. The Labute approximate surface area is 169 Å². The van der Waals surface area contributed by atoms with Crippen molar-refractivity contribution < 1.29 is 14.3 Å². The number of nitrogens with zero attached hydrogens (tertiary/aromatic N) is 3. The van der Waals surface area contributed by atoms with Gasteiger partial charge >= 0.3 is 5.97 Å². The molecule has 154 valence electrons. The highest BCUT2D eigenvalue weighted by molar-refractivity contribution is 5.95. The van der Waals surface area contributed by atoms with Crippen LogP contribution in [0, 0.1) is 6.92 Å². The molecule has 0 bridgehead atoms. The van der Waals surface area contributed by atoms with E-state index in [0.717, 1.165) is 18.7 Å². The van der Waals surface area contributed by atoms with Crippen LogP contribution in [0.25, 0.3) is 0 Å². The van der Waals surface area contributed by atoms with Crippen LogP contribution < -0.4 is 15.8 Å². The Hall–Kier alpha value is -3.16. The second-order valence-electron chi connectivity index (χ2n) is 7.10. The van der Waals surface area contributed by atoms with Gasteiger partial charge in [0, 0.05) is 37.1 Å². The highest BCUT2D eigenvalue weighted by Gasteiger charge is 2.16. The van der Waals surface area contributed by atoms with Crippen LogP contribution in [0.3, 0.4) is 0 Å². The highest BCUT2D eigenvalue weighted by atomic mass is 16.5. The van der Waals surface area contributed by atoms with E-state index in [1.165, 1.54) is 35.3 Å². The summed E-state index contributed by atoms with van der Waals surface area (Å²) in [4.78, 5) is 38.3. The molecule has 0 unspecified atom stereocenters. The van der Waals surface area contributed by atoms with Gasteiger partial charge in [0.15, 0.2) is 12.3 Å². The number of hydrogen-bond donors (Lipinski definition) is 1. The van der Waals surface area contributed by atoms with Crippen LogP contribution in [-0.2, 0) is 16.1 Å². The molecule has 1 N–H and O–H groups in total. The predicted molar refractivity (Wildman–Crippen MR) is 110 cm³/mol. The quantitative estimate of drug-likeness (QED) is 0.720. The number of aromatic nitrogens is 2. The fraction of sp³-hybridized carbons (Fsp3) is 0.429. The van der Waals surface area contributed by atoms with Gasteiger partial charge in [-0.05, 0) is 56.0 Å². The average molecular weight is 398 g/mol. The Kier molecular flexibility index (Phi) is 6.64. The molecule has 2 heterocycles. The van der Waals surface area contributed by atoms with Crippen molar-refractivity contribution in [3.05, 3.63) is 51.9 Å². The van der Waals surface area contributed by atoms with Crippen LogP contribution in [0.2, 0.25) is 0 Å². The first kappa shape index (κ1) is 20.6. The largest absolute Gasteiger partial charge is 0.451 e. The van der Waals surface area contributed by atoms with E-state index in [0.29, 0.717) is 18.7 Å². The number of amides is 1. The van der Waals surface area contributed by atoms with E-state index in [9.17, 15) is 14.4 Å². The van der Waals surface area contributed by atoms with Crippen LogP contribution in [0.5, 0.6) is 0 Å². The van der Waals surface area contributed by atoms with Gasteiger partial charge in [-0.1, -0.05) is 6.92 Å².